The summed E-state index contributed by atoms with van der Waals surface area (Å²) >= 11 is 0. The van der Waals surface area contributed by atoms with Crippen molar-refractivity contribution in [2.45, 2.75) is 0 Å². The topological polar surface area (TPSA) is 61.5 Å². The molecule has 0 atom stereocenters. The van der Waals surface area contributed by atoms with Gasteiger partial charge in [0.2, 0.25) is 0 Å². The van der Waals surface area contributed by atoms with Gasteiger partial charge in [-0.2, -0.15) is 0 Å². The molecule has 12 heavy (non-hydrogen) atoms. The average molecular weight is 161 g/mol. The van der Waals surface area contributed by atoms with E-state index < -0.39 is 0 Å². The Morgan fingerprint density at radius 2 is 2.17 bits per heavy atom. The molecule has 0 saturated heterocycles. The SMILES string of the molecule is O=c1cncc(-c2ccc[nH]2)[nH]1. The Balaban J connectivity index is 2.55. The lowest BCUT2D eigenvalue weighted by molar-refractivity contribution is 1.13. The zero-order valence-corrected chi connectivity index (χ0v) is 6.24. The largest absolute Gasteiger partial charge is 0.360 e. The minimum atomic E-state index is -0.192. The fraction of sp³-hybridized carbons (Fsp3) is 0. The highest BCUT2D eigenvalue weighted by molar-refractivity contribution is 5.51. The lowest BCUT2D eigenvalue weighted by Crippen LogP contribution is -2.05. The summed E-state index contributed by atoms with van der Waals surface area (Å²) in [6.07, 6.45) is 4.64. The number of H-pyrrole nitrogens is 2. The van der Waals surface area contributed by atoms with Gasteiger partial charge in [0.05, 0.1) is 23.8 Å². The molecule has 0 aromatic carbocycles. The van der Waals surface area contributed by atoms with Gasteiger partial charge in [-0.25, -0.2) is 0 Å². The average Bonchev–Trinajstić information content (AvgIpc) is 2.56. The molecule has 0 unspecified atom stereocenters. The molecule has 0 amide bonds. The number of nitrogens with zero attached hydrogens (tertiary/aromatic N) is 1. The zero-order valence-electron chi connectivity index (χ0n) is 6.24. The smallest absolute Gasteiger partial charge is 0.266 e. The van der Waals surface area contributed by atoms with Gasteiger partial charge in [-0.15, -0.1) is 0 Å². The molecule has 2 aromatic rings. The van der Waals surface area contributed by atoms with E-state index in [0.29, 0.717) is 5.69 Å². The summed E-state index contributed by atoms with van der Waals surface area (Å²) in [4.78, 5) is 20.3. The highest BCUT2D eigenvalue weighted by atomic mass is 16.1. The summed E-state index contributed by atoms with van der Waals surface area (Å²) < 4.78 is 0. The molecule has 0 bridgehead atoms. The Bertz CT molecular complexity index is 416. The zero-order chi connectivity index (χ0) is 8.39. The van der Waals surface area contributed by atoms with Crippen molar-refractivity contribution >= 4 is 0 Å². The van der Waals surface area contributed by atoms with Gasteiger partial charge in [0.15, 0.2) is 0 Å². The Morgan fingerprint density at radius 1 is 1.25 bits per heavy atom. The first-order valence-electron chi connectivity index (χ1n) is 3.54. The predicted molar refractivity (Wildman–Crippen MR) is 44.6 cm³/mol. The summed E-state index contributed by atoms with van der Waals surface area (Å²) in [6.45, 7) is 0. The van der Waals surface area contributed by atoms with Crippen LogP contribution >= 0.6 is 0 Å². The van der Waals surface area contributed by atoms with Gasteiger partial charge in [-0.05, 0) is 12.1 Å². The molecule has 4 heteroatoms. The van der Waals surface area contributed by atoms with Gasteiger partial charge in [0, 0.05) is 6.20 Å². The molecule has 0 spiro atoms. The molecule has 60 valence electrons. The van der Waals surface area contributed by atoms with Gasteiger partial charge in [0.1, 0.15) is 0 Å². The first-order chi connectivity index (χ1) is 5.86. The van der Waals surface area contributed by atoms with Crippen molar-refractivity contribution in [2.75, 3.05) is 0 Å². The second-order valence-corrected chi connectivity index (χ2v) is 2.39. The molecule has 0 aliphatic carbocycles. The summed E-state index contributed by atoms with van der Waals surface area (Å²) in [6, 6.07) is 3.73. The number of rotatable bonds is 1. The maximum atomic E-state index is 10.9. The minimum Gasteiger partial charge on any atom is -0.360 e. The van der Waals surface area contributed by atoms with Crippen LogP contribution in [0.1, 0.15) is 0 Å². The molecule has 0 saturated carbocycles. The van der Waals surface area contributed by atoms with Crippen LogP contribution in [0.15, 0.2) is 35.5 Å². The normalized spacial score (nSPS) is 10.0. The number of aromatic nitrogens is 3. The molecule has 2 rings (SSSR count). The van der Waals surface area contributed by atoms with Crippen LogP contribution in [-0.2, 0) is 0 Å². The second kappa shape index (κ2) is 2.65. The van der Waals surface area contributed by atoms with E-state index in [2.05, 4.69) is 15.0 Å². The minimum absolute atomic E-state index is 0.192. The number of hydrogen-bond donors (Lipinski definition) is 2. The monoisotopic (exact) mass is 161 g/mol. The van der Waals surface area contributed by atoms with E-state index in [9.17, 15) is 4.79 Å². The molecule has 4 nitrogen and oxygen atoms in total. The second-order valence-electron chi connectivity index (χ2n) is 2.39. The van der Waals surface area contributed by atoms with E-state index in [4.69, 9.17) is 0 Å². The summed E-state index contributed by atoms with van der Waals surface area (Å²) in [7, 11) is 0. The number of nitrogens with one attached hydrogen (secondary N) is 2. The maximum absolute atomic E-state index is 10.9. The molecule has 2 heterocycles. The number of aromatic amines is 2. The Kier molecular flexibility index (Phi) is 1.51. The van der Waals surface area contributed by atoms with E-state index in [0.717, 1.165) is 5.69 Å². The van der Waals surface area contributed by atoms with E-state index in [-0.39, 0.29) is 5.56 Å². The summed E-state index contributed by atoms with van der Waals surface area (Å²) in [5.74, 6) is 0. The highest BCUT2D eigenvalue weighted by Gasteiger charge is 1.96. The van der Waals surface area contributed by atoms with Crippen molar-refractivity contribution in [3.05, 3.63) is 41.1 Å². The van der Waals surface area contributed by atoms with E-state index in [1.165, 1.54) is 6.20 Å². The van der Waals surface area contributed by atoms with E-state index in [1.54, 1.807) is 12.4 Å². The third kappa shape index (κ3) is 1.14. The van der Waals surface area contributed by atoms with E-state index >= 15 is 0 Å². The van der Waals surface area contributed by atoms with Crippen molar-refractivity contribution in [3.8, 4) is 11.4 Å². The van der Waals surface area contributed by atoms with Crippen LogP contribution in [0.2, 0.25) is 0 Å². The summed E-state index contributed by atoms with van der Waals surface area (Å²) in [5.41, 5.74) is 1.37. The Morgan fingerprint density at radius 3 is 2.83 bits per heavy atom. The van der Waals surface area contributed by atoms with E-state index in [1.807, 2.05) is 12.1 Å². The van der Waals surface area contributed by atoms with Crippen molar-refractivity contribution in [2.24, 2.45) is 0 Å². The van der Waals surface area contributed by atoms with Gasteiger partial charge in [-0.3, -0.25) is 9.78 Å². The first kappa shape index (κ1) is 6.84. The van der Waals surface area contributed by atoms with Crippen molar-refractivity contribution < 1.29 is 0 Å². The first-order valence-corrected chi connectivity index (χ1v) is 3.54. The lowest BCUT2D eigenvalue weighted by Gasteiger charge is -1.94. The van der Waals surface area contributed by atoms with Crippen LogP contribution in [0.4, 0.5) is 0 Å². The molecular formula is C8H7N3O. The molecular weight excluding hydrogens is 154 g/mol. The van der Waals surface area contributed by atoms with Crippen molar-refractivity contribution in [1.82, 2.24) is 15.0 Å². The highest BCUT2D eigenvalue weighted by Crippen LogP contribution is 2.09. The standard InChI is InChI=1S/C8H7N3O/c12-8-5-9-4-7(11-8)6-2-1-3-10-6/h1-5,10H,(H,11,12). The van der Waals surface area contributed by atoms with Crippen LogP contribution < -0.4 is 5.56 Å². The van der Waals surface area contributed by atoms with Gasteiger partial charge >= 0.3 is 0 Å². The quantitative estimate of drug-likeness (QED) is 0.648. The molecule has 0 radical (unpaired) electrons. The number of hydrogen-bond acceptors (Lipinski definition) is 2. The van der Waals surface area contributed by atoms with Crippen LogP contribution in [0.25, 0.3) is 11.4 Å². The Labute approximate surface area is 68.3 Å². The van der Waals surface area contributed by atoms with Gasteiger partial charge in [-0.1, -0.05) is 0 Å². The maximum Gasteiger partial charge on any atom is 0.266 e. The molecule has 0 aliphatic heterocycles. The molecule has 0 fully saturated rings. The third-order valence-corrected chi connectivity index (χ3v) is 1.54. The van der Waals surface area contributed by atoms with Crippen LogP contribution in [0.5, 0.6) is 0 Å². The van der Waals surface area contributed by atoms with Crippen molar-refractivity contribution in [3.63, 3.8) is 0 Å². The fourth-order valence-electron chi connectivity index (χ4n) is 1.01. The predicted octanol–water partition coefficient (Wildman–Crippen LogP) is 0.765. The van der Waals surface area contributed by atoms with Crippen LogP contribution in [-0.4, -0.2) is 15.0 Å². The molecule has 2 aromatic heterocycles. The molecule has 0 aliphatic rings. The third-order valence-electron chi connectivity index (χ3n) is 1.54. The fourth-order valence-corrected chi connectivity index (χ4v) is 1.01. The van der Waals surface area contributed by atoms with Crippen LogP contribution in [0, 0.1) is 0 Å². The lowest BCUT2D eigenvalue weighted by atomic mass is 10.3. The van der Waals surface area contributed by atoms with Gasteiger partial charge < -0.3 is 9.97 Å². The Hall–Kier alpha value is -1.84. The summed E-state index contributed by atoms with van der Waals surface area (Å²) in [5, 5.41) is 0. The van der Waals surface area contributed by atoms with Crippen LogP contribution in [0.3, 0.4) is 0 Å². The van der Waals surface area contributed by atoms with Gasteiger partial charge in [0.25, 0.3) is 5.56 Å². The molecule has 2 N–H and O–H groups in total. The van der Waals surface area contributed by atoms with Crippen molar-refractivity contribution in [1.29, 1.82) is 0 Å².